The van der Waals surface area contributed by atoms with Crippen molar-refractivity contribution in [2.45, 2.75) is 0 Å². The predicted octanol–water partition coefficient (Wildman–Crippen LogP) is 2.48. The van der Waals surface area contributed by atoms with Crippen molar-refractivity contribution in [2.75, 3.05) is 29.5 Å². The number of nitrogens with one attached hydrogen (secondary N) is 1. The van der Waals surface area contributed by atoms with Gasteiger partial charge in [0.1, 0.15) is 5.82 Å². The quantitative estimate of drug-likeness (QED) is 0.841. The molecule has 20 heavy (non-hydrogen) atoms. The van der Waals surface area contributed by atoms with E-state index in [1.807, 2.05) is 0 Å². The largest absolute Gasteiger partial charge is 0.399 e. The molecule has 3 N–H and O–H groups in total. The van der Waals surface area contributed by atoms with Gasteiger partial charge in [0.2, 0.25) is 5.91 Å². The number of halogens is 1. The maximum Gasteiger partial charge on any atom is 0.243 e. The fourth-order valence-corrected chi connectivity index (χ4v) is 1.83. The van der Waals surface area contributed by atoms with Crippen LogP contribution in [-0.2, 0) is 4.79 Å². The SMILES string of the molecule is CN(CC(=O)Nc1ccc(N)cc1)c1ccccc1F. The van der Waals surface area contributed by atoms with Crippen LogP contribution in [0, 0.1) is 5.82 Å². The molecule has 2 aromatic rings. The van der Waals surface area contributed by atoms with Gasteiger partial charge in [-0.15, -0.1) is 0 Å². The third kappa shape index (κ3) is 3.47. The predicted molar refractivity (Wildman–Crippen MR) is 79.2 cm³/mol. The van der Waals surface area contributed by atoms with Gasteiger partial charge in [0, 0.05) is 18.4 Å². The second-order valence-corrected chi connectivity index (χ2v) is 4.48. The van der Waals surface area contributed by atoms with Crippen molar-refractivity contribution >= 4 is 23.0 Å². The first-order chi connectivity index (χ1) is 9.56. The van der Waals surface area contributed by atoms with Gasteiger partial charge >= 0.3 is 0 Å². The summed E-state index contributed by atoms with van der Waals surface area (Å²) >= 11 is 0. The summed E-state index contributed by atoms with van der Waals surface area (Å²) in [5.74, 6) is -0.573. The van der Waals surface area contributed by atoms with Crippen molar-refractivity contribution in [3.05, 3.63) is 54.3 Å². The van der Waals surface area contributed by atoms with E-state index >= 15 is 0 Å². The van der Waals surface area contributed by atoms with Crippen LogP contribution in [-0.4, -0.2) is 19.5 Å². The van der Waals surface area contributed by atoms with Gasteiger partial charge in [-0.2, -0.15) is 0 Å². The Morgan fingerprint density at radius 1 is 1.20 bits per heavy atom. The van der Waals surface area contributed by atoms with E-state index in [1.165, 1.54) is 6.07 Å². The molecule has 0 aliphatic heterocycles. The molecule has 0 bridgehead atoms. The monoisotopic (exact) mass is 273 g/mol. The Morgan fingerprint density at radius 3 is 2.50 bits per heavy atom. The van der Waals surface area contributed by atoms with Crippen LogP contribution in [0.25, 0.3) is 0 Å². The highest BCUT2D eigenvalue weighted by Gasteiger charge is 2.10. The Morgan fingerprint density at radius 2 is 1.85 bits per heavy atom. The molecule has 0 aliphatic carbocycles. The van der Waals surface area contributed by atoms with Gasteiger partial charge in [0.25, 0.3) is 0 Å². The van der Waals surface area contributed by atoms with Gasteiger partial charge in [-0.05, 0) is 36.4 Å². The van der Waals surface area contributed by atoms with E-state index in [4.69, 9.17) is 5.73 Å². The molecule has 0 fully saturated rings. The molecule has 0 heterocycles. The molecule has 5 heteroatoms. The lowest BCUT2D eigenvalue weighted by atomic mass is 10.2. The lowest BCUT2D eigenvalue weighted by Crippen LogP contribution is -2.30. The van der Waals surface area contributed by atoms with Crippen molar-refractivity contribution in [3.63, 3.8) is 0 Å². The number of hydrogen-bond acceptors (Lipinski definition) is 3. The zero-order chi connectivity index (χ0) is 14.5. The van der Waals surface area contributed by atoms with Gasteiger partial charge < -0.3 is 16.0 Å². The Kier molecular flexibility index (Phi) is 4.20. The second-order valence-electron chi connectivity index (χ2n) is 4.48. The van der Waals surface area contributed by atoms with E-state index in [0.717, 1.165) is 0 Å². The molecule has 0 atom stereocenters. The first-order valence-corrected chi connectivity index (χ1v) is 6.17. The van der Waals surface area contributed by atoms with Crippen molar-refractivity contribution in [3.8, 4) is 0 Å². The summed E-state index contributed by atoms with van der Waals surface area (Å²) in [6.45, 7) is 0.0608. The number of carbonyl (C=O) groups excluding carboxylic acids is 1. The van der Waals surface area contributed by atoms with Crippen LogP contribution in [0.4, 0.5) is 21.5 Å². The third-order valence-electron chi connectivity index (χ3n) is 2.84. The third-order valence-corrected chi connectivity index (χ3v) is 2.84. The molecule has 0 unspecified atom stereocenters. The number of carbonyl (C=O) groups is 1. The molecule has 0 radical (unpaired) electrons. The minimum atomic E-state index is -0.352. The van der Waals surface area contributed by atoms with E-state index in [1.54, 1.807) is 54.4 Å². The molecular formula is C15H16FN3O. The fraction of sp³-hybridized carbons (Fsp3) is 0.133. The number of nitrogens with two attached hydrogens (primary N) is 1. The highest BCUT2D eigenvalue weighted by Crippen LogP contribution is 2.17. The number of likely N-dealkylation sites (N-methyl/N-ethyl adjacent to an activating group) is 1. The number of benzene rings is 2. The summed E-state index contributed by atoms with van der Waals surface area (Å²) in [4.78, 5) is 13.4. The van der Waals surface area contributed by atoms with Gasteiger partial charge in [-0.25, -0.2) is 4.39 Å². The summed E-state index contributed by atoms with van der Waals surface area (Å²) in [6, 6.07) is 13.2. The van der Waals surface area contributed by atoms with Crippen LogP contribution in [0.2, 0.25) is 0 Å². The van der Waals surface area contributed by atoms with Crippen LogP contribution < -0.4 is 16.0 Å². The molecule has 104 valence electrons. The molecule has 1 amide bonds. The number of nitrogen functional groups attached to an aromatic ring is 1. The summed E-state index contributed by atoms with van der Waals surface area (Å²) < 4.78 is 13.6. The van der Waals surface area contributed by atoms with Crippen LogP contribution in [0.3, 0.4) is 0 Å². The number of para-hydroxylation sites is 1. The maximum absolute atomic E-state index is 13.6. The molecular weight excluding hydrogens is 257 g/mol. The smallest absolute Gasteiger partial charge is 0.243 e. The molecule has 0 saturated heterocycles. The first-order valence-electron chi connectivity index (χ1n) is 6.17. The maximum atomic E-state index is 13.6. The minimum absolute atomic E-state index is 0.0608. The topological polar surface area (TPSA) is 58.4 Å². The number of amides is 1. The number of nitrogens with zero attached hydrogens (tertiary/aromatic N) is 1. The highest BCUT2D eigenvalue weighted by molar-refractivity contribution is 5.94. The van der Waals surface area contributed by atoms with Crippen molar-refractivity contribution in [1.29, 1.82) is 0 Å². The van der Waals surface area contributed by atoms with Crippen molar-refractivity contribution in [1.82, 2.24) is 0 Å². The summed E-state index contributed by atoms with van der Waals surface area (Å²) in [6.07, 6.45) is 0. The lowest BCUT2D eigenvalue weighted by molar-refractivity contribution is -0.114. The normalized spacial score (nSPS) is 10.1. The molecule has 2 rings (SSSR count). The number of rotatable bonds is 4. The lowest BCUT2D eigenvalue weighted by Gasteiger charge is -2.19. The van der Waals surface area contributed by atoms with Crippen molar-refractivity contribution in [2.24, 2.45) is 0 Å². The highest BCUT2D eigenvalue weighted by atomic mass is 19.1. The van der Waals surface area contributed by atoms with Gasteiger partial charge in [-0.1, -0.05) is 12.1 Å². The first kappa shape index (κ1) is 13.9. The minimum Gasteiger partial charge on any atom is -0.399 e. The van der Waals surface area contributed by atoms with Crippen LogP contribution in [0.1, 0.15) is 0 Å². The van der Waals surface area contributed by atoms with E-state index in [2.05, 4.69) is 5.32 Å². The van der Waals surface area contributed by atoms with E-state index in [-0.39, 0.29) is 18.3 Å². The molecule has 0 aromatic heterocycles. The molecule has 0 saturated carbocycles. The van der Waals surface area contributed by atoms with Gasteiger partial charge in [0.05, 0.1) is 12.2 Å². The Hall–Kier alpha value is -2.56. The van der Waals surface area contributed by atoms with Crippen LogP contribution in [0.5, 0.6) is 0 Å². The fourth-order valence-electron chi connectivity index (χ4n) is 1.83. The summed E-state index contributed by atoms with van der Waals surface area (Å²) in [5.41, 5.74) is 7.25. The zero-order valence-corrected chi connectivity index (χ0v) is 11.1. The van der Waals surface area contributed by atoms with E-state index < -0.39 is 0 Å². The second kappa shape index (κ2) is 6.06. The zero-order valence-electron chi connectivity index (χ0n) is 11.1. The van der Waals surface area contributed by atoms with Gasteiger partial charge in [0.15, 0.2) is 0 Å². The summed E-state index contributed by atoms with van der Waals surface area (Å²) in [7, 11) is 1.67. The number of anilines is 3. The standard InChI is InChI=1S/C15H16FN3O/c1-19(14-5-3-2-4-13(14)16)10-15(20)18-12-8-6-11(17)7-9-12/h2-9H,10,17H2,1H3,(H,18,20). The molecule has 4 nitrogen and oxygen atoms in total. The average Bonchev–Trinajstić information content (AvgIpc) is 2.41. The molecule has 2 aromatic carbocycles. The van der Waals surface area contributed by atoms with Crippen molar-refractivity contribution < 1.29 is 9.18 Å². The Balaban J connectivity index is 1.98. The Labute approximate surface area is 117 Å². The van der Waals surface area contributed by atoms with Crippen LogP contribution in [0.15, 0.2) is 48.5 Å². The average molecular weight is 273 g/mol. The summed E-state index contributed by atoms with van der Waals surface area (Å²) in [5, 5.41) is 2.73. The Bertz CT molecular complexity index is 598. The van der Waals surface area contributed by atoms with Crippen LogP contribution >= 0.6 is 0 Å². The molecule has 0 spiro atoms. The van der Waals surface area contributed by atoms with Gasteiger partial charge in [-0.3, -0.25) is 4.79 Å². The van der Waals surface area contributed by atoms with E-state index in [0.29, 0.717) is 17.1 Å². The molecule has 0 aliphatic rings. The number of hydrogen-bond donors (Lipinski definition) is 2. The van der Waals surface area contributed by atoms with E-state index in [9.17, 15) is 9.18 Å².